The Kier molecular flexibility index (Phi) is 5.03. The number of aryl methyl sites for hydroxylation is 1. The molecule has 0 spiro atoms. The van der Waals surface area contributed by atoms with E-state index < -0.39 is 10.0 Å². The van der Waals surface area contributed by atoms with Crippen molar-refractivity contribution in [3.63, 3.8) is 0 Å². The van der Waals surface area contributed by atoms with Crippen molar-refractivity contribution in [2.75, 3.05) is 13.1 Å². The Morgan fingerprint density at radius 1 is 1.14 bits per heavy atom. The molecule has 0 atom stereocenters. The minimum atomic E-state index is -3.48. The maximum atomic E-state index is 12.8. The molecule has 1 fully saturated rings. The highest BCUT2D eigenvalue weighted by molar-refractivity contribution is 7.88. The van der Waals surface area contributed by atoms with Gasteiger partial charge in [0, 0.05) is 31.1 Å². The molecule has 8 nitrogen and oxygen atoms in total. The molecular formula is C19H22N4O4S. The summed E-state index contributed by atoms with van der Waals surface area (Å²) in [7, 11) is -3.48. The lowest BCUT2D eigenvalue weighted by molar-refractivity contribution is 0.244. The summed E-state index contributed by atoms with van der Waals surface area (Å²) in [6.45, 7) is 3.23. The molecule has 0 amide bonds. The highest BCUT2D eigenvalue weighted by atomic mass is 32.2. The molecule has 0 unspecified atom stereocenters. The van der Waals surface area contributed by atoms with Crippen molar-refractivity contribution in [1.82, 2.24) is 19.2 Å². The van der Waals surface area contributed by atoms with E-state index in [1.54, 1.807) is 12.1 Å². The zero-order valence-electron chi connectivity index (χ0n) is 15.6. The molecule has 1 aliphatic rings. The van der Waals surface area contributed by atoms with Crippen molar-refractivity contribution < 1.29 is 12.9 Å². The fourth-order valence-corrected chi connectivity index (χ4v) is 5.11. The van der Waals surface area contributed by atoms with Crippen molar-refractivity contribution in [3.05, 3.63) is 58.1 Å². The predicted molar refractivity (Wildman–Crippen MR) is 104 cm³/mol. The van der Waals surface area contributed by atoms with Crippen LogP contribution in [0.3, 0.4) is 0 Å². The van der Waals surface area contributed by atoms with E-state index in [9.17, 15) is 13.2 Å². The van der Waals surface area contributed by atoms with Gasteiger partial charge in [-0.25, -0.2) is 17.4 Å². The van der Waals surface area contributed by atoms with E-state index in [0.717, 1.165) is 11.1 Å². The standard InChI is InChI=1S/C19H22N4O4S/c1-14-6-7-19(24)23(20-14)12-15-8-10-22(11-9-15)28(25,26)13-17-16-4-2-3-5-18(16)27-21-17/h2-7,15H,8-13H2,1H3. The molecule has 0 aliphatic carbocycles. The van der Waals surface area contributed by atoms with Gasteiger partial charge in [0.15, 0.2) is 5.58 Å². The predicted octanol–water partition coefficient (Wildman–Crippen LogP) is 1.93. The maximum Gasteiger partial charge on any atom is 0.266 e. The van der Waals surface area contributed by atoms with Gasteiger partial charge in [0.05, 0.1) is 5.69 Å². The molecule has 0 N–H and O–H groups in total. The zero-order chi connectivity index (χ0) is 19.7. The molecule has 0 saturated carbocycles. The van der Waals surface area contributed by atoms with Gasteiger partial charge < -0.3 is 4.52 Å². The van der Waals surface area contributed by atoms with Crippen molar-refractivity contribution >= 4 is 21.0 Å². The van der Waals surface area contributed by atoms with Crippen LogP contribution in [-0.4, -0.2) is 40.7 Å². The van der Waals surface area contributed by atoms with E-state index in [-0.39, 0.29) is 17.2 Å². The van der Waals surface area contributed by atoms with E-state index >= 15 is 0 Å². The van der Waals surface area contributed by atoms with Gasteiger partial charge in [-0.2, -0.15) is 5.10 Å². The molecule has 4 rings (SSSR count). The molecule has 0 bridgehead atoms. The molecule has 0 radical (unpaired) electrons. The first-order chi connectivity index (χ1) is 13.4. The van der Waals surface area contributed by atoms with Gasteiger partial charge in [-0.3, -0.25) is 4.79 Å². The molecule has 9 heteroatoms. The third-order valence-corrected chi connectivity index (χ3v) is 6.96. The van der Waals surface area contributed by atoms with Gasteiger partial charge in [-0.1, -0.05) is 17.3 Å². The Hall–Kier alpha value is -2.52. The van der Waals surface area contributed by atoms with E-state index in [4.69, 9.17) is 4.52 Å². The summed E-state index contributed by atoms with van der Waals surface area (Å²) in [6, 6.07) is 10.5. The second-order valence-corrected chi connectivity index (χ2v) is 9.19. The summed E-state index contributed by atoms with van der Waals surface area (Å²) in [5, 5.41) is 8.93. The number of rotatable bonds is 5. The van der Waals surface area contributed by atoms with Crippen LogP contribution in [0.4, 0.5) is 0 Å². The molecule has 3 heterocycles. The Labute approximate surface area is 162 Å². The molecule has 1 aliphatic heterocycles. The molecule has 148 valence electrons. The van der Waals surface area contributed by atoms with Gasteiger partial charge in [0.25, 0.3) is 5.56 Å². The Balaban J connectivity index is 1.41. The number of aromatic nitrogens is 3. The van der Waals surface area contributed by atoms with Crippen LogP contribution in [0.15, 0.2) is 45.7 Å². The summed E-state index contributed by atoms with van der Waals surface area (Å²) >= 11 is 0. The van der Waals surface area contributed by atoms with E-state index in [1.807, 2.05) is 25.1 Å². The molecule has 3 aromatic rings. The first-order valence-electron chi connectivity index (χ1n) is 9.28. The van der Waals surface area contributed by atoms with Gasteiger partial charge in [0.2, 0.25) is 10.0 Å². The lowest BCUT2D eigenvalue weighted by Gasteiger charge is -2.31. The van der Waals surface area contributed by atoms with Crippen LogP contribution in [0.2, 0.25) is 0 Å². The normalized spacial score (nSPS) is 16.6. The largest absolute Gasteiger partial charge is 0.356 e. The van der Waals surface area contributed by atoms with Crippen molar-refractivity contribution in [2.24, 2.45) is 5.92 Å². The number of hydrogen-bond donors (Lipinski definition) is 0. The summed E-state index contributed by atoms with van der Waals surface area (Å²) in [6.07, 6.45) is 1.39. The van der Waals surface area contributed by atoms with Crippen molar-refractivity contribution in [3.8, 4) is 0 Å². The molecule has 2 aromatic heterocycles. The highest BCUT2D eigenvalue weighted by Gasteiger charge is 2.30. The third kappa shape index (κ3) is 3.85. The SMILES string of the molecule is Cc1ccc(=O)n(CC2CCN(S(=O)(=O)Cc3noc4ccccc34)CC2)n1. The maximum absolute atomic E-state index is 12.8. The van der Waals surface area contributed by atoms with Gasteiger partial charge in [-0.05, 0) is 43.9 Å². The Morgan fingerprint density at radius 2 is 1.89 bits per heavy atom. The number of piperidine rings is 1. The average Bonchev–Trinajstić information content (AvgIpc) is 3.08. The quantitative estimate of drug-likeness (QED) is 0.647. The zero-order valence-corrected chi connectivity index (χ0v) is 16.4. The number of sulfonamides is 1. The lowest BCUT2D eigenvalue weighted by atomic mass is 9.98. The second kappa shape index (κ2) is 7.48. The Morgan fingerprint density at radius 3 is 2.68 bits per heavy atom. The smallest absolute Gasteiger partial charge is 0.266 e. The van der Waals surface area contributed by atoms with Gasteiger partial charge >= 0.3 is 0 Å². The second-order valence-electron chi connectivity index (χ2n) is 7.22. The lowest BCUT2D eigenvalue weighted by Crippen LogP contribution is -2.40. The van der Waals surface area contributed by atoms with Crippen LogP contribution in [0.5, 0.6) is 0 Å². The van der Waals surface area contributed by atoms with Crippen molar-refractivity contribution in [2.45, 2.75) is 32.1 Å². The van der Waals surface area contributed by atoms with Gasteiger partial charge in [0.1, 0.15) is 11.4 Å². The van der Waals surface area contributed by atoms with Crippen LogP contribution < -0.4 is 5.56 Å². The monoisotopic (exact) mass is 402 g/mol. The molecule has 1 aromatic carbocycles. The topological polar surface area (TPSA) is 98.3 Å². The first kappa shape index (κ1) is 18.8. The summed E-state index contributed by atoms with van der Waals surface area (Å²) in [5.74, 6) is 0.0550. The average molecular weight is 402 g/mol. The number of para-hydroxylation sites is 1. The molecular weight excluding hydrogens is 380 g/mol. The minimum absolute atomic E-state index is 0.126. The van der Waals surface area contributed by atoms with E-state index in [0.29, 0.717) is 43.8 Å². The fraction of sp³-hybridized carbons (Fsp3) is 0.421. The van der Waals surface area contributed by atoms with Crippen LogP contribution in [0.1, 0.15) is 24.2 Å². The number of benzene rings is 1. The summed E-state index contributed by atoms with van der Waals surface area (Å²) in [4.78, 5) is 11.9. The molecule has 28 heavy (non-hydrogen) atoms. The summed E-state index contributed by atoms with van der Waals surface area (Å²) in [5.41, 5.74) is 1.69. The number of fused-ring (bicyclic) bond motifs is 1. The van der Waals surface area contributed by atoms with Crippen molar-refractivity contribution in [1.29, 1.82) is 0 Å². The van der Waals surface area contributed by atoms with Crippen LogP contribution in [0, 0.1) is 12.8 Å². The van der Waals surface area contributed by atoms with Crippen LogP contribution in [0.25, 0.3) is 11.0 Å². The number of hydrogen-bond acceptors (Lipinski definition) is 6. The molecule has 1 saturated heterocycles. The highest BCUT2D eigenvalue weighted by Crippen LogP contribution is 2.25. The first-order valence-corrected chi connectivity index (χ1v) is 10.9. The van der Waals surface area contributed by atoms with E-state index in [1.165, 1.54) is 15.1 Å². The Bertz CT molecular complexity index is 1140. The number of nitrogens with zero attached hydrogens (tertiary/aromatic N) is 4. The third-order valence-electron chi connectivity index (χ3n) is 5.17. The van der Waals surface area contributed by atoms with Crippen LogP contribution >= 0.6 is 0 Å². The minimum Gasteiger partial charge on any atom is -0.356 e. The van der Waals surface area contributed by atoms with E-state index in [2.05, 4.69) is 10.3 Å². The fourth-order valence-electron chi connectivity index (χ4n) is 3.60. The van der Waals surface area contributed by atoms with Gasteiger partial charge in [-0.15, -0.1) is 0 Å². The van der Waals surface area contributed by atoms with Crippen LogP contribution in [-0.2, 0) is 22.3 Å². The summed E-state index contributed by atoms with van der Waals surface area (Å²) < 4.78 is 33.9.